The van der Waals surface area contributed by atoms with Crippen LogP contribution in [0.25, 0.3) is 0 Å². The molecule has 2 aliphatic carbocycles. The summed E-state index contributed by atoms with van der Waals surface area (Å²) < 4.78 is 11.0. The first-order valence-electron chi connectivity index (χ1n) is 10.1. The lowest BCUT2D eigenvalue weighted by atomic mass is 9.76. The smallest absolute Gasteiger partial charge is 0.0901 e. The molecule has 0 radical (unpaired) electrons. The Balaban J connectivity index is 1.52. The molecule has 0 heterocycles. The van der Waals surface area contributed by atoms with Crippen LogP contribution in [0.2, 0.25) is 0 Å². The molecule has 0 aromatic carbocycles. The van der Waals surface area contributed by atoms with Crippen molar-refractivity contribution >= 4 is 0 Å². The SMILES string of the molecule is CCC=COC[C@H]1CC[C@H](CC[C@H]2CC[C@H](COC)CC2)CC1. The Morgan fingerprint density at radius 2 is 1.22 bits per heavy atom. The molecule has 0 spiro atoms. The Hall–Kier alpha value is -0.500. The van der Waals surface area contributed by atoms with Crippen LogP contribution in [-0.4, -0.2) is 20.3 Å². The van der Waals surface area contributed by atoms with Crippen LogP contribution in [-0.2, 0) is 9.47 Å². The Morgan fingerprint density at radius 3 is 1.70 bits per heavy atom. The summed E-state index contributed by atoms with van der Waals surface area (Å²) in [6.45, 7) is 4.06. The second-order valence-electron chi connectivity index (χ2n) is 7.92. The van der Waals surface area contributed by atoms with E-state index in [1.54, 1.807) is 0 Å². The largest absolute Gasteiger partial charge is 0.501 e. The molecule has 0 aromatic rings. The Kier molecular flexibility index (Phi) is 9.11. The van der Waals surface area contributed by atoms with Crippen molar-refractivity contribution in [3.63, 3.8) is 0 Å². The van der Waals surface area contributed by atoms with Crippen LogP contribution in [0.1, 0.15) is 77.6 Å². The molecule has 0 aliphatic heterocycles. The van der Waals surface area contributed by atoms with Crippen molar-refractivity contribution in [3.05, 3.63) is 12.3 Å². The number of methoxy groups -OCH3 is 1. The molecule has 0 amide bonds. The molecule has 0 N–H and O–H groups in total. The van der Waals surface area contributed by atoms with Gasteiger partial charge in [-0.25, -0.2) is 0 Å². The molecule has 2 saturated carbocycles. The van der Waals surface area contributed by atoms with Gasteiger partial charge in [-0.3, -0.25) is 0 Å². The molecule has 0 unspecified atom stereocenters. The lowest BCUT2D eigenvalue weighted by Gasteiger charge is -2.31. The zero-order chi connectivity index (χ0) is 16.3. The highest BCUT2D eigenvalue weighted by Gasteiger charge is 2.24. The number of allylic oxidation sites excluding steroid dienone is 1. The van der Waals surface area contributed by atoms with Crippen molar-refractivity contribution < 1.29 is 9.47 Å². The highest BCUT2D eigenvalue weighted by Crippen LogP contribution is 2.36. The summed E-state index contributed by atoms with van der Waals surface area (Å²) in [6.07, 6.45) is 19.3. The molecule has 2 fully saturated rings. The fourth-order valence-corrected chi connectivity index (χ4v) is 4.44. The number of hydrogen-bond donors (Lipinski definition) is 0. The van der Waals surface area contributed by atoms with Crippen molar-refractivity contribution in [1.29, 1.82) is 0 Å². The van der Waals surface area contributed by atoms with Gasteiger partial charge in [-0.05, 0) is 55.8 Å². The van der Waals surface area contributed by atoms with Gasteiger partial charge in [0.2, 0.25) is 0 Å². The maximum absolute atomic E-state index is 5.64. The first-order valence-corrected chi connectivity index (χ1v) is 10.1. The maximum atomic E-state index is 5.64. The lowest BCUT2D eigenvalue weighted by molar-refractivity contribution is 0.113. The quantitative estimate of drug-likeness (QED) is 0.487. The second-order valence-corrected chi connectivity index (χ2v) is 7.92. The summed E-state index contributed by atoms with van der Waals surface area (Å²) in [4.78, 5) is 0. The van der Waals surface area contributed by atoms with Crippen LogP contribution in [0.15, 0.2) is 12.3 Å². The highest BCUT2D eigenvalue weighted by molar-refractivity contribution is 4.77. The molecular weight excluding hydrogens is 284 g/mol. The molecule has 0 bridgehead atoms. The van der Waals surface area contributed by atoms with Crippen molar-refractivity contribution in [2.75, 3.05) is 20.3 Å². The number of hydrogen-bond acceptors (Lipinski definition) is 2. The average molecular weight is 323 g/mol. The van der Waals surface area contributed by atoms with E-state index in [1.807, 2.05) is 13.4 Å². The molecule has 0 saturated heterocycles. The van der Waals surface area contributed by atoms with Crippen molar-refractivity contribution in [2.24, 2.45) is 23.7 Å². The van der Waals surface area contributed by atoms with E-state index in [4.69, 9.17) is 9.47 Å². The van der Waals surface area contributed by atoms with Gasteiger partial charge in [-0.2, -0.15) is 0 Å². The minimum absolute atomic E-state index is 0.803. The van der Waals surface area contributed by atoms with Gasteiger partial charge in [0.25, 0.3) is 0 Å². The summed E-state index contributed by atoms with van der Waals surface area (Å²) in [7, 11) is 1.84. The van der Waals surface area contributed by atoms with Crippen LogP contribution in [0.4, 0.5) is 0 Å². The molecule has 0 aromatic heterocycles. The monoisotopic (exact) mass is 322 g/mol. The first-order chi connectivity index (χ1) is 11.3. The van der Waals surface area contributed by atoms with E-state index in [2.05, 4.69) is 13.0 Å². The average Bonchev–Trinajstić information content (AvgIpc) is 2.59. The van der Waals surface area contributed by atoms with Gasteiger partial charge in [-0.15, -0.1) is 0 Å². The van der Waals surface area contributed by atoms with E-state index in [0.717, 1.165) is 43.3 Å². The van der Waals surface area contributed by atoms with Crippen molar-refractivity contribution in [2.45, 2.75) is 77.6 Å². The van der Waals surface area contributed by atoms with E-state index in [-0.39, 0.29) is 0 Å². The minimum Gasteiger partial charge on any atom is -0.501 e. The van der Waals surface area contributed by atoms with Crippen LogP contribution in [0, 0.1) is 23.7 Å². The third-order valence-corrected chi connectivity index (χ3v) is 6.08. The van der Waals surface area contributed by atoms with Gasteiger partial charge < -0.3 is 9.47 Å². The second kappa shape index (κ2) is 11.1. The summed E-state index contributed by atoms with van der Waals surface area (Å²) >= 11 is 0. The number of rotatable bonds is 9. The Bertz CT molecular complexity index is 310. The van der Waals surface area contributed by atoms with Crippen LogP contribution < -0.4 is 0 Å². The van der Waals surface area contributed by atoms with Crippen molar-refractivity contribution in [1.82, 2.24) is 0 Å². The van der Waals surface area contributed by atoms with Crippen LogP contribution >= 0.6 is 0 Å². The summed E-state index contributed by atoms with van der Waals surface area (Å²) in [5, 5.41) is 0. The Morgan fingerprint density at radius 1 is 0.739 bits per heavy atom. The zero-order valence-electron chi connectivity index (χ0n) is 15.5. The third kappa shape index (κ3) is 7.28. The fraction of sp³-hybridized carbons (Fsp3) is 0.905. The van der Waals surface area contributed by atoms with Gasteiger partial charge >= 0.3 is 0 Å². The molecule has 134 valence electrons. The molecule has 2 rings (SSSR count). The maximum Gasteiger partial charge on any atom is 0.0901 e. The summed E-state index contributed by atoms with van der Waals surface area (Å²) in [6, 6.07) is 0. The third-order valence-electron chi connectivity index (χ3n) is 6.08. The van der Waals surface area contributed by atoms with E-state index in [9.17, 15) is 0 Å². The zero-order valence-corrected chi connectivity index (χ0v) is 15.5. The summed E-state index contributed by atoms with van der Waals surface area (Å²) in [5.41, 5.74) is 0. The van der Waals surface area contributed by atoms with E-state index in [0.29, 0.717) is 0 Å². The predicted octanol–water partition coefficient (Wildman–Crippen LogP) is 5.97. The first kappa shape index (κ1) is 18.8. The van der Waals surface area contributed by atoms with E-state index < -0.39 is 0 Å². The van der Waals surface area contributed by atoms with Gasteiger partial charge in [0, 0.05) is 13.7 Å². The van der Waals surface area contributed by atoms with Gasteiger partial charge in [0.1, 0.15) is 0 Å². The molecular formula is C21H38O2. The standard InChI is InChI=1S/C21H38O2/c1-3-4-15-23-17-21-13-9-19(10-14-21)6-5-18-7-11-20(12-8-18)16-22-2/h4,15,18-21H,3,5-14,16-17H2,1-2H3/t18-,19-,20-,21-. The minimum atomic E-state index is 0.803. The summed E-state index contributed by atoms with van der Waals surface area (Å²) in [5.74, 6) is 3.64. The van der Waals surface area contributed by atoms with Crippen LogP contribution in [0.3, 0.4) is 0 Å². The molecule has 2 heteroatoms. The van der Waals surface area contributed by atoms with E-state index in [1.165, 1.54) is 64.2 Å². The fourth-order valence-electron chi connectivity index (χ4n) is 4.44. The molecule has 2 aliphatic rings. The topological polar surface area (TPSA) is 18.5 Å². The van der Waals surface area contributed by atoms with Crippen molar-refractivity contribution in [3.8, 4) is 0 Å². The highest BCUT2D eigenvalue weighted by atomic mass is 16.5. The molecule has 0 atom stereocenters. The van der Waals surface area contributed by atoms with Gasteiger partial charge in [-0.1, -0.05) is 51.5 Å². The number of ether oxygens (including phenoxy) is 2. The van der Waals surface area contributed by atoms with Crippen LogP contribution in [0.5, 0.6) is 0 Å². The predicted molar refractivity (Wildman–Crippen MR) is 97.4 cm³/mol. The van der Waals surface area contributed by atoms with E-state index >= 15 is 0 Å². The normalized spacial score (nSPS) is 32.3. The molecule has 2 nitrogen and oxygen atoms in total. The lowest BCUT2D eigenvalue weighted by Crippen LogP contribution is -2.21. The van der Waals surface area contributed by atoms with Gasteiger partial charge in [0.05, 0.1) is 12.9 Å². The Labute approximate surface area is 144 Å². The van der Waals surface area contributed by atoms with Gasteiger partial charge in [0.15, 0.2) is 0 Å². The molecule has 23 heavy (non-hydrogen) atoms.